The summed E-state index contributed by atoms with van der Waals surface area (Å²) in [5, 5.41) is 9.70. The zero-order valence-corrected chi connectivity index (χ0v) is 9.67. The van der Waals surface area contributed by atoms with Crippen molar-refractivity contribution in [2.24, 2.45) is 0 Å². The van der Waals surface area contributed by atoms with E-state index in [1.54, 1.807) is 6.08 Å². The molecule has 1 N–H and O–H groups in total. The lowest BCUT2D eigenvalue weighted by Crippen LogP contribution is -2.10. The monoisotopic (exact) mass is 262 g/mol. The second-order valence-electron chi connectivity index (χ2n) is 3.97. The fraction of sp³-hybridized carbons (Fsp3) is 0.385. The van der Waals surface area contributed by atoms with E-state index in [0.717, 1.165) is 6.07 Å². The van der Waals surface area contributed by atoms with Gasteiger partial charge in [0, 0.05) is 0 Å². The van der Waals surface area contributed by atoms with Gasteiger partial charge in [0.25, 0.3) is 0 Å². The number of allylic oxidation sites excluding steroid dienone is 1. The van der Waals surface area contributed by atoms with Gasteiger partial charge in [0.15, 0.2) is 0 Å². The van der Waals surface area contributed by atoms with Gasteiger partial charge in [-0.15, -0.1) is 6.58 Å². The van der Waals surface area contributed by atoms with Gasteiger partial charge in [0.1, 0.15) is 5.82 Å². The molecule has 0 spiro atoms. The first-order valence-corrected chi connectivity index (χ1v) is 5.52. The van der Waals surface area contributed by atoms with E-state index in [2.05, 4.69) is 6.58 Å². The van der Waals surface area contributed by atoms with Crippen molar-refractivity contribution >= 4 is 0 Å². The highest BCUT2D eigenvalue weighted by Gasteiger charge is 2.34. The first kappa shape index (κ1) is 14.7. The van der Waals surface area contributed by atoms with Crippen LogP contribution in [0.5, 0.6) is 0 Å². The Labute approximate surface area is 103 Å². The molecule has 0 aliphatic heterocycles. The number of benzene rings is 1. The summed E-state index contributed by atoms with van der Waals surface area (Å²) in [6, 6.07) is 2.56. The molecule has 1 aromatic carbocycles. The van der Waals surface area contributed by atoms with Gasteiger partial charge < -0.3 is 5.11 Å². The van der Waals surface area contributed by atoms with Gasteiger partial charge in [0.05, 0.1) is 11.7 Å². The van der Waals surface area contributed by atoms with Crippen molar-refractivity contribution in [2.75, 3.05) is 0 Å². The standard InChI is InChI=1S/C13H14F4O/c1-2-3-4-5-12(18)9-6-7-11(14)10(8-9)13(15,16)17/h2,6-8,12,18H,1,3-5H2. The predicted molar refractivity (Wildman–Crippen MR) is 60.4 cm³/mol. The number of alkyl halides is 3. The Morgan fingerprint density at radius 3 is 2.56 bits per heavy atom. The molecule has 1 rings (SSSR count). The Bertz CT molecular complexity index is 412. The molecule has 18 heavy (non-hydrogen) atoms. The molecule has 0 aliphatic rings. The minimum Gasteiger partial charge on any atom is -0.388 e. The van der Waals surface area contributed by atoms with Crippen molar-refractivity contribution in [3.05, 3.63) is 47.8 Å². The maximum absolute atomic E-state index is 13.0. The number of hydrogen-bond donors (Lipinski definition) is 1. The predicted octanol–water partition coefficient (Wildman–Crippen LogP) is 4.23. The van der Waals surface area contributed by atoms with Crippen LogP contribution in [0.25, 0.3) is 0 Å². The van der Waals surface area contributed by atoms with Gasteiger partial charge in [-0.25, -0.2) is 4.39 Å². The molecule has 0 bridgehead atoms. The number of hydrogen-bond acceptors (Lipinski definition) is 1. The fourth-order valence-corrected chi connectivity index (χ4v) is 1.59. The number of halogens is 4. The molecule has 100 valence electrons. The second-order valence-corrected chi connectivity index (χ2v) is 3.97. The number of aliphatic hydroxyl groups is 1. The molecule has 5 heteroatoms. The molecule has 0 saturated heterocycles. The molecule has 1 nitrogen and oxygen atoms in total. The minimum absolute atomic E-state index is 0.0767. The normalized spacial score (nSPS) is 13.4. The average Bonchev–Trinajstić information content (AvgIpc) is 2.28. The molecule has 0 heterocycles. The van der Waals surface area contributed by atoms with Crippen molar-refractivity contribution in [3.63, 3.8) is 0 Å². The summed E-state index contributed by atoms with van der Waals surface area (Å²) in [6.07, 6.45) is -2.51. The Kier molecular flexibility index (Phi) is 4.90. The molecular weight excluding hydrogens is 248 g/mol. The number of rotatable bonds is 5. The first-order chi connectivity index (χ1) is 8.36. The molecule has 1 unspecified atom stereocenters. The summed E-state index contributed by atoms with van der Waals surface area (Å²) in [5.74, 6) is -1.33. The summed E-state index contributed by atoms with van der Waals surface area (Å²) in [5.41, 5.74) is -1.27. The largest absolute Gasteiger partial charge is 0.419 e. The molecule has 0 radical (unpaired) electrons. The Morgan fingerprint density at radius 2 is 2.00 bits per heavy atom. The maximum Gasteiger partial charge on any atom is 0.419 e. The van der Waals surface area contributed by atoms with Crippen molar-refractivity contribution in [1.82, 2.24) is 0 Å². The summed E-state index contributed by atoms with van der Waals surface area (Å²) >= 11 is 0. The van der Waals surface area contributed by atoms with Gasteiger partial charge in [-0.05, 0) is 37.0 Å². The van der Waals surface area contributed by atoms with E-state index in [0.29, 0.717) is 25.3 Å². The highest BCUT2D eigenvalue weighted by Crippen LogP contribution is 2.33. The van der Waals surface area contributed by atoms with E-state index in [1.807, 2.05) is 0 Å². The highest BCUT2D eigenvalue weighted by atomic mass is 19.4. The summed E-state index contributed by atoms with van der Waals surface area (Å²) in [6.45, 7) is 3.51. The topological polar surface area (TPSA) is 20.2 Å². The van der Waals surface area contributed by atoms with E-state index in [1.165, 1.54) is 6.07 Å². The Hall–Kier alpha value is -1.36. The van der Waals surface area contributed by atoms with Crippen LogP contribution in [0.1, 0.15) is 36.5 Å². The van der Waals surface area contributed by atoms with Crippen molar-refractivity contribution in [3.8, 4) is 0 Å². The van der Waals surface area contributed by atoms with Crippen LogP contribution in [0.15, 0.2) is 30.9 Å². The van der Waals surface area contributed by atoms with E-state index < -0.39 is 23.7 Å². The Balaban J connectivity index is 2.87. The molecule has 0 saturated carbocycles. The third-order valence-corrected chi connectivity index (χ3v) is 2.57. The zero-order valence-electron chi connectivity index (χ0n) is 9.67. The second kappa shape index (κ2) is 6.00. The van der Waals surface area contributed by atoms with Crippen LogP contribution in [0.3, 0.4) is 0 Å². The van der Waals surface area contributed by atoms with Crippen LogP contribution < -0.4 is 0 Å². The quantitative estimate of drug-likeness (QED) is 0.478. The third-order valence-electron chi connectivity index (χ3n) is 2.57. The van der Waals surface area contributed by atoms with Crippen LogP contribution in [-0.2, 0) is 6.18 Å². The molecule has 0 amide bonds. The van der Waals surface area contributed by atoms with Crippen LogP contribution in [0.2, 0.25) is 0 Å². The van der Waals surface area contributed by atoms with Crippen LogP contribution in [0.4, 0.5) is 17.6 Å². The SMILES string of the molecule is C=CCCCC(O)c1ccc(F)c(C(F)(F)F)c1. The highest BCUT2D eigenvalue weighted by molar-refractivity contribution is 5.28. The molecule has 1 atom stereocenters. The first-order valence-electron chi connectivity index (χ1n) is 5.52. The lowest BCUT2D eigenvalue weighted by molar-refractivity contribution is -0.140. The molecule has 0 aliphatic carbocycles. The maximum atomic E-state index is 13.0. The van der Waals surface area contributed by atoms with Crippen LogP contribution >= 0.6 is 0 Å². The summed E-state index contributed by atoms with van der Waals surface area (Å²) < 4.78 is 50.4. The lowest BCUT2D eigenvalue weighted by atomic mass is 10.0. The van der Waals surface area contributed by atoms with Gasteiger partial charge in [0.2, 0.25) is 0 Å². The van der Waals surface area contributed by atoms with Crippen molar-refractivity contribution in [1.29, 1.82) is 0 Å². The van der Waals surface area contributed by atoms with Gasteiger partial charge in [-0.2, -0.15) is 13.2 Å². The molecule has 0 aromatic heterocycles. The number of unbranched alkanes of at least 4 members (excludes halogenated alkanes) is 1. The fourth-order valence-electron chi connectivity index (χ4n) is 1.59. The Morgan fingerprint density at radius 1 is 1.33 bits per heavy atom. The van der Waals surface area contributed by atoms with E-state index in [-0.39, 0.29) is 5.56 Å². The van der Waals surface area contributed by atoms with Crippen molar-refractivity contribution in [2.45, 2.75) is 31.5 Å². The van der Waals surface area contributed by atoms with Gasteiger partial charge in [-0.1, -0.05) is 12.1 Å². The van der Waals surface area contributed by atoms with Crippen LogP contribution in [0, 0.1) is 5.82 Å². The van der Waals surface area contributed by atoms with Gasteiger partial charge in [-0.3, -0.25) is 0 Å². The van der Waals surface area contributed by atoms with Gasteiger partial charge >= 0.3 is 6.18 Å². The van der Waals surface area contributed by atoms with E-state index in [4.69, 9.17) is 0 Å². The van der Waals surface area contributed by atoms with Crippen LogP contribution in [-0.4, -0.2) is 5.11 Å². The smallest absolute Gasteiger partial charge is 0.388 e. The molecular formula is C13H14F4O. The lowest BCUT2D eigenvalue weighted by Gasteiger charge is -2.14. The summed E-state index contributed by atoms with van der Waals surface area (Å²) in [7, 11) is 0. The van der Waals surface area contributed by atoms with Crippen molar-refractivity contribution < 1.29 is 22.7 Å². The van der Waals surface area contributed by atoms with E-state index >= 15 is 0 Å². The molecule has 1 aromatic rings. The van der Waals surface area contributed by atoms with E-state index in [9.17, 15) is 22.7 Å². The third kappa shape index (κ3) is 3.84. The zero-order chi connectivity index (χ0) is 13.8. The summed E-state index contributed by atoms with van der Waals surface area (Å²) in [4.78, 5) is 0. The minimum atomic E-state index is -4.75. The number of aliphatic hydroxyl groups excluding tert-OH is 1. The average molecular weight is 262 g/mol. The molecule has 0 fully saturated rings.